The molecule has 4 nitrogen and oxygen atoms in total. The number of halogens is 4. The van der Waals surface area contributed by atoms with Crippen LogP contribution in [0.2, 0.25) is 0 Å². The van der Waals surface area contributed by atoms with Crippen LogP contribution in [0.15, 0.2) is 29.0 Å². The summed E-state index contributed by atoms with van der Waals surface area (Å²) in [6.45, 7) is 3.08. The average molecular weight is 349 g/mol. The van der Waals surface area contributed by atoms with Crippen LogP contribution in [0.3, 0.4) is 0 Å². The molecule has 1 N–H and O–H groups in total. The largest absolute Gasteiger partial charge is 0.416 e. The molecule has 108 valence electrons. The van der Waals surface area contributed by atoms with E-state index >= 15 is 0 Å². The molecule has 0 aliphatic heterocycles. The van der Waals surface area contributed by atoms with Gasteiger partial charge in [0.1, 0.15) is 6.33 Å². The van der Waals surface area contributed by atoms with E-state index in [2.05, 4.69) is 31.4 Å². The molecule has 1 aromatic carbocycles. The van der Waals surface area contributed by atoms with Crippen molar-refractivity contribution < 1.29 is 13.2 Å². The lowest BCUT2D eigenvalue weighted by Crippen LogP contribution is -2.09. The number of aryl methyl sites for hydroxylation is 1. The van der Waals surface area contributed by atoms with Gasteiger partial charge in [0.05, 0.1) is 12.1 Å². The Morgan fingerprint density at radius 2 is 2.10 bits per heavy atom. The number of benzene rings is 1. The minimum atomic E-state index is -4.34. The van der Waals surface area contributed by atoms with Crippen LogP contribution in [0.25, 0.3) is 0 Å². The quantitative estimate of drug-likeness (QED) is 0.916. The number of rotatable bonds is 4. The molecule has 2 aromatic rings. The third kappa shape index (κ3) is 3.30. The lowest BCUT2D eigenvalue weighted by Gasteiger charge is -2.12. The Morgan fingerprint density at radius 3 is 2.70 bits per heavy atom. The lowest BCUT2D eigenvalue weighted by atomic mass is 10.2. The molecule has 1 aromatic heterocycles. The highest BCUT2D eigenvalue weighted by Crippen LogP contribution is 2.33. The number of anilines is 1. The highest BCUT2D eigenvalue weighted by Gasteiger charge is 2.30. The van der Waals surface area contributed by atoms with Crippen molar-refractivity contribution in [3.63, 3.8) is 0 Å². The van der Waals surface area contributed by atoms with Crippen molar-refractivity contribution in [2.45, 2.75) is 26.2 Å². The van der Waals surface area contributed by atoms with Crippen LogP contribution in [-0.4, -0.2) is 14.8 Å². The molecule has 0 amide bonds. The molecule has 0 radical (unpaired) electrons. The molecule has 0 aliphatic carbocycles. The summed E-state index contributed by atoms with van der Waals surface area (Å²) in [5, 5.41) is 10.8. The van der Waals surface area contributed by atoms with Gasteiger partial charge >= 0.3 is 6.18 Å². The number of nitrogens with zero attached hydrogens (tertiary/aromatic N) is 3. The fourth-order valence-corrected chi connectivity index (χ4v) is 2.21. The van der Waals surface area contributed by atoms with Crippen molar-refractivity contribution in [3.05, 3.63) is 40.4 Å². The Hall–Kier alpha value is -1.57. The van der Waals surface area contributed by atoms with E-state index in [1.165, 1.54) is 6.07 Å². The van der Waals surface area contributed by atoms with Gasteiger partial charge in [-0.3, -0.25) is 0 Å². The summed E-state index contributed by atoms with van der Waals surface area (Å²) < 4.78 is 39.8. The van der Waals surface area contributed by atoms with Crippen LogP contribution >= 0.6 is 15.9 Å². The van der Waals surface area contributed by atoms with E-state index in [1.807, 2.05) is 11.5 Å². The van der Waals surface area contributed by atoms with Crippen molar-refractivity contribution in [3.8, 4) is 0 Å². The van der Waals surface area contributed by atoms with E-state index in [-0.39, 0.29) is 0 Å². The zero-order chi connectivity index (χ0) is 14.8. The van der Waals surface area contributed by atoms with Crippen molar-refractivity contribution >= 4 is 21.6 Å². The molecule has 2 rings (SSSR count). The lowest BCUT2D eigenvalue weighted by molar-refractivity contribution is -0.137. The zero-order valence-electron chi connectivity index (χ0n) is 10.6. The van der Waals surface area contributed by atoms with E-state index < -0.39 is 11.7 Å². The zero-order valence-corrected chi connectivity index (χ0v) is 12.2. The first-order valence-corrected chi connectivity index (χ1v) is 6.68. The molecule has 0 fully saturated rings. The van der Waals surface area contributed by atoms with Gasteiger partial charge in [-0.15, -0.1) is 10.2 Å². The van der Waals surface area contributed by atoms with Crippen molar-refractivity contribution in [1.29, 1.82) is 0 Å². The Balaban J connectivity index is 2.11. The van der Waals surface area contributed by atoms with E-state index in [9.17, 15) is 13.2 Å². The van der Waals surface area contributed by atoms with Crippen LogP contribution in [0.1, 0.15) is 18.3 Å². The van der Waals surface area contributed by atoms with Crippen LogP contribution in [-0.2, 0) is 19.3 Å². The third-order valence-corrected chi connectivity index (χ3v) is 3.43. The van der Waals surface area contributed by atoms with Gasteiger partial charge in [-0.05, 0) is 41.1 Å². The van der Waals surface area contributed by atoms with Gasteiger partial charge in [0.2, 0.25) is 0 Å². The first-order chi connectivity index (χ1) is 9.41. The van der Waals surface area contributed by atoms with Crippen molar-refractivity contribution in [2.75, 3.05) is 5.32 Å². The number of nitrogens with one attached hydrogen (secondary N) is 1. The van der Waals surface area contributed by atoms with E-state index in [0.717, 1.165) is 24.5 Å². The first kappa shape index (κ1) is 14.8. The molecule has 0 bridgehead atoms. The van der Waals surface area contributed by atoms with Crippen LogP contribution in [0.5, 0.6) is 0 Å². The maximum atomic E-state index is 12.5. The van der Waals surface area contributed by atoms with Gasteiger partial charge in [0.25, 0.3) is 0 Å². The van der Waals surface area contributed by atoms with E-state index in [1.54, 1.807) is 6.33 Å². The molecule has 0 aliphatic rings. The molecule has 0 unspecified atom stereocenters. The predicted octanol–water partition coefficient (Wildman–Crippen LogP) is 3.69. The molecule has 0 saturated heterocycles. The summed E-state index contributed by atoms with van der Waals surface area (Å²) in [6, 6.07) is 3.48. The molecular formula is C12H12BrF3N4. The van der Waals surface area contributed by atoms with Crippen LogP contribution in [0.4, 0.5) is 18.9 Å². The second-order valence-corrected chi connectivity index (χ2v) is 4.93. The van der Waals surface area contributed by atoms with Crippen LogP contribution < -0.4 is 5.32 Å². The topological polar surface area (TPSA) is 42.7 Å². The Labute approximate surface area is 122 Å². The fraction of sp³-hybridized carbons (Fsp3) is 0.333. The third-order valence-electron chi connectivity index (χ3n) is 2.77. The molecule has 0 atom stereocenters. The molecule has 0 spiro atoms. The highest BCUT2D eigenvalue weighted by atomic mass is 79.9. The Kier molecular flexibility index (Phi) is 4.32. The summed E-state index contributed by atoms with van der Waals surface area (Å²) in [7, 11) is 0. The molecule has 8 heteroatoms. The SMILES string of the molecule is CCn1cnnc1CNc1ccc(C(F)(F)F)cc1Br. The van der Waals surface area contributed by atoms with Crippen molar-refractivity contribution in [1.82, 2.24) is 14.8 Å². The molecule has 0 saturated carbocycles. The van der Waals surface area contributed by atoms with E-state index in [4.69, 9.17) is 0 Å². The number of alkyl halides is 3. The maximum absolute atomic E-state index is 12.5. The monoisotopic (exact) mass is 348 g/mol. The maximum Gasteiger partial charge on any atom is 0.416 e. The summed E-state index contributed by atoms with van der Waals surface area (Å²) in [5.74, 6) is 0.722. The molecule has 20 heavy (non-hydrogen) atoms. The second kappa shape index (κ2) is 5.82. The molecule has 1 heterocycles. The van der Waals surface area contributed by atoms with Gasteiger partial charge < -0.3 is 9.88 Å². The fourth-order valence-electron chi connectivity index (χ4n) is 1.69. The van der Waals surface area contributed by atoms with Gasteiger partial charge in [-0.25, -0.2) is 0 Å². The number of hydrogen-bond donors (Lipinski definition) is 1. The van der Waals surface area contributed by atoms with Crippen molar-refractivity contribution in [2.24, 2.45) is 0 Å². The highest BCUT2D eigenvalue weighted by molar-refractivity contribution is 9.10. The van der Waals surface area contributed by atoms with Gasteiger partial charge in [0, 0.05) is 16.7 Å². The van der Waals surface area contributed by atoms with Gasteiger partial charge in [-0.2, -0.15) is 13.2 Å². The summed E-state index contributed by atoms with van der Waals surface area (Å²) >= 11 is 3.13. The normalized spacial score (nSPS) is 11.7. The second-order valence-electron chi connectivity index (χ2n) is 4.08. The Bertz CT molecular complexity index is 595. The number of aromatic nitrogens is 3. The minimum Gasteiger partial charge on any atom is -0.377 e. The summed E-state index contributed by atoms with van der Waals surface area (Å²) in [5.41, 5.74) is -0.115. The molecular weight excluding hydrogens is 337 g/mol. The van der Waals surface area contributed by atoms with Gasteiger partial charge in [-0.1, -0.05) is 0 Å². The van der Waals surface area contributed by atoms with Crippen LogP contribution in [0, 0.1) is 0 Å². The summed E-state index contributed by atoms with van der Waals surface area (Å²) in [6.07, 6.45) is -2.73. The standard InChI is InChI=1S/C12H12BrF3N4/c1-2-20-7-18-19-11(20)6-17-10-4-3-8(5-9(10)13)12(14,15)16/h3-5,7,17H,2,6H2,1H3. The van der Waals surface area contributed by atoms with Gasteiger partial charge in [0.15, 0.2) is 5.82 Å². The minimum absolute atomic E-state index is 0.356. The number of hydrogen-bond acceptors (Lipinski definition) is 3. The van der Waals surface area contributed by atoms with E-state index in [0.29, 0.717) is 16.7 Å². The smallest absolute Gasteiger partial charge is 0.377 e. The predicted molar refractivity (Wildman–Crippen MR) is 72.2 cm³/mol. The first-order valence-electron chi connectivity index (χ1n) is 5.89. The summed E-state index contributed by atoms with van der Waals surface area (Å²) in [4.78, 5) is 0. The Morgan fingerprint density at radius 1 is 1.35 bits per heavy atom. The average Bonchev–Trinajstić information content (AvgIpc) is 2.83.